The number of nitrogens with zero attached hydrogens (tertiary/aromatic N) is 1. The van der Waals surface area contributed by atoms with Crippen LogP contribution in [0.3, 0.4) is 0 Å². The van der Waals surface area contributed by atoms with Crippen LogP contribution in [0.2, 0.25) is 0 Å². The van der Waals surface area contributed by atoms with E-state index in [-0.39, 0.29) is 11.9 Å². The first-order valence-electron chi connectivity index (χ1n) is 9.39. The number of carbonyl (C=O) groups is 1. The molecule has 0 aliphatic carbocycles. The number of hydrogen-bond acceptors (Lipinski definition) is 4. The van der Waals surface area contributed by atoms with Crippen LogP contribution in [0.25, 0.3) is 0 Å². The Morgan fingerprint density at radius 1 is 1.23 bits per heavy atom. The second-order valence-electron chi connectivity index (χ2n) is 6.95. The lowest BCUT2D eigenvalue weighted by atomic mass is 10.0. The normalized spacial score (nSPS) is 15.8. The first-order chi connectivity index (χ1) is 12.6. The van der Waals surface area contributed by atoms with Crippen molar-refractivity contribution in [2.45, 2.75) is 39.2 Å². The third-order valence-corrected chi connectivity index (χ3v) is 5.00. The number of para-hydroxylation sites is 1. The summed E-state index contributed by atoms with van der Waals surface area (Å²) in [6.07, 6.45) is 4.55. The smallest absolute Gasteiger partial charge is 0.255 e. The largest absolute Gasteiger partial charge is 0.493 e. The molecule has 2 heterocycles. The van der Waals surface area contributed by atoms with E-state index in [1.807, 2.05) is 25.1 Å². The predicted molar refractivity (Wildman–Crippen MR) is 102 cm³/mol. The summed E-state index contributed by atoms with van der Waals surface area (Å²) >= 11 is 0. The van der Waals surface area contributed by atoms with Crippen molar-refractivity contribution in [2.24, 2.45) is 0 Å². The highest BCUT2D eigenvalue weighted by Crippen LogP contribution is 2.17. The molecular formula is C21H28N2O3. The van der Waals surface area contributed by atoms with Gasteiger partial charge in [-0.3, -0.25) is 4.79 Å². The minimum absolute atomic E-state index is 0.0265. The second-order valence-corrected chi connectivity index (χ2v) is 6.95. The number of amides is 1. The Hall–Kier alpha value is -2.27. The third-order valence-electron chi connectivity index (χ3n) is 5.00. The molecule has 1 aliphatic heterocycles. The molecule has 0 radical (unpaired) electrons. The standard InChI is InChI=1S/C21H28N2O3/c1-16-6-3-4-7-20(16)26-14-5-11-23-12-8-18(9-13-23)22-21(24)19-10-15-25-17(19)2/h3-4,6-7,10,15,18H,5,8-9,11-14H2,1-2H3,(H,22,24). The van der Waals surface area contributed by atoms with Gasteiger partial charge in [-0.15, -0.1) is 0 Å². The van der Waals surface area contributed by atoms with E-state index in [9.17, 15) is 4.79 Å². The van der Waals surface area contributed by atoms with Crippen molar-refractivity contribution >= 4 is 5.91 Å². The molecule has 1 aliphatic rings. The van der Waals surface area contributed by atoms with Crippen molar-refractivity contribution < 1.29 is 13.9 Å². The number of likely N-dealkylation sites (tertiary alicyclic amines) is 1. The maximum Gasteiger partial charge on any atom is 0.255 e. The van der Waals surface area contributed by atoms with E-state index in [0.29, 0.717) is 11.3 Å². The number of furan rings is 1. The Morgan fingerprint density at radius 2 is 2.00 bits per heavy atom. The lowest BCUT2D eigenvalue weighted by Crippen LogP contribution is -2.45. The van der Waals surface area contributed by atoms with Crippen molar-refractivity contribution in [2.75, 3.05) is 26.2 Å². The molecular weight excluding hydrogens is 328 g/mol. The van der Waals surface area contributed by atoms with Crippen LogP contribution in [0.15, 0.2) is 41.0 Å². The van der Waals surface area contributed by atoms with Gasteiger partial charge in [-0.2, -0.15) is 0 Å². The van der Waals surface area contributed by atoms with Crippen molar-refractivity contribution in [1.82, 2.24) is 10.2 Å². The number of ether oxygens (including phenoxy) is 1. The highest BCUT2D eigenvalue weighted by Gasteiger charge is 2.22. The second kappa shape index (κ2) is 8.90. The summed E-state index contributed by atoms with van der Waals surface area (Å²) in [6.45, 7) is 7.68. The molecule has 0 bridgehead atoms. The van der Waals surface area contributed by atoms with Crippen LogP contribution < -0.4 is 10.1 Å². The van der Waals surface area contributed by atoms with Gasteiger partial charge in [0.2, 0.25) is 0 Å². The van der Waals surface area contributed by atoms with Crippen molar-refractivity contribution in [1.29, 1.82) is 0 Å². The van der Waals surface area contributed by atoms with E-state index >= 15 is 0 Å². The molecule has 1 aromatic carbocycles. The van der Waals surface area contributed by atoms with Crippen LogP contribution in [-0.2, 0) is 0 Å². The van der Waals surface area contributed by atoms with E-state index < -0.39 is 0 Å². The minimum Gasteiger partial charge on any atom is -0.493 e. The van der Waals surface area contributed by atoms with Crippen LogP contribution >= 0.6 is 0 Å². The number of piperidine rings is 1. The summed E-state index contributed by atoms with van der Waals surface area (Å²) in [5.74, 6) is 1.62. The van der Waals surface area contributed by atoms with Gasteiger partial charge in [0.1, 0.15) is 11.5 Å². The Morgan fingerprint density at radius 3 is 2.69 bits per heavy atom. The molecule has 5 heteroatoms. The Balaban J connectivity index is 1.33. The fraction of sp³-hybridized carbons (Fsp3) is 0.476. The topological polar surface area (TPSA) is 54.7 Å². The fourth-order valence-electron chi connectivity index (χ4n) is 3.37. The third kappa shape index (κ3) is 4.88. The van der Waals surface area contributed by atoms with Crippen molar-refractivity contribution in [3.8, 4) is 5.75 Å². The monoisotopic (exact) mass is 356 g/mol. The number of carbonyl (C=O) groups excluding carboxylic acids is 1. The van der Waals surface area contributed by atoms with Gasteiger partial charge < -0.3 is 19.4 Å². The zero-order valence-corrected chi connectivity index (χ0v) is 15.7. The lowest BCUT2D eigenvalue weighted by Gasteiger charge is -2.32. The molecule has 1 fully saturated rings. The zero-order chi connectivity index (χ0) is 18.4. The van der Waals surface area contributed by atoms with Crippen LogP contribution in [-0.4, -0.2) is 43.1 Å². The van der Waals surface area contributed by atoms with E-state index in [0.717, 1.165) is 51.3 Å². The predicted octanol–water partition coefficient (Wildman–Crippen LogP) is 3.56. The number of benzene rings is 1. The van der Waals surface area contributed by atoms with Gasteiger partial charge in [0.15, 0.2) is 0 Å². The van der Waals surface area contributed by atoms with Gasteiger partial charge in [-0.25, -0.2) is 0 Å². The molecule has 0 spiro atoms. The number of aryl methyl sites for hydroxylation is 2. The molecule has 1 N–H and O–H groups in total. The molecule has 5 nitrogen and oxygen atoms in total. The molecule has 0 saturated carbocycles. The summed E-state index contributed by atoms with van der Waals surface area (Å²) in [6, 6.07) is 10.1. The summed E-state index contributed by atoms with van der Waals surface area (Å²) in [5, 5.41) is 3.13. The highest BCUT2D eigenvalue weighted by molar-refractivity contribution is 5.95. The average molecular weight is 356 g/mol. The van der Waals surface area contributed by atoms with E-state index in [1.54, 1.807) is 12.3 Å². The first kappa shape index (κ1) is 18.5. The lowest BCUT2D eigenvalue weighted by molar-refractivity contribution is 0.0908. The maximum absolute atomic E-state index is 12.2. The van der Waals surface area contributed by atoms with Crippen molar-refractivity contribution in [3.63, 3.8) is 0 Å². The highest BCUT2D eigenvalue weighted by atomic mass is 16.5. The summed E-state index contributed by atoms with van der Waals surface area (Å²) in [4.78, 5) is 14.7. The van der Waals surface area contributed by atoms with Crippen molar-refractivity contribution in [3.05, 3.63) is 53.5 Å². The molecule has 3 rings (SSSR count). The summed E-state index contributed by atoms with van der Waals surface area (Å²) in [7, 11) is 0. The molecule has 140 valence electrons. The van der Waals surface area contributed by atoms with Gasteiger partial charge in [-0.1, -0.05) is 18.2 Å². The van der Waals surface area contributed by atoms with E-state index in [4.69, 9.17) is 9.15 Å². The minimum atomic E-state index is -0.0265. The Bertz CT molecular complexity index is 718. The van der Waals surface area contributed by atoms with Gasteiger partial charge >= 0.3 is 0 Å². The molecule has 2 aromatic rings. The van der Waals surface area contributed by atoms with Gasteiger partial charge in [0.05, 0.1) is 18.4 Å². The van der Waals surface area contributed by atoms with Gasteiger partial charge in [0, 0.05) is 25.7 Å². The van der Waals surface area contributed by atoms with Crippen LogP contribution in [0, 0.1) is 13.8 Å². The van der Waals surface area contributed by atoms with E-state index in [1.165, 1.54) is 5.56 Å². The molecule has 0 atom stereocenters. The van der Waals surface area contributed by atoms with Crippen LogP contribution in [0.5, 0.6) is 5.75 Å². The number of rotatable bonds is 7. The summed E-state index contributed by atoms with van der Waals surface area (Å²) < 4.78 is 11.1. The quantitative estimate of drug-likeness (QED) is 0.771. The van der Waals surface area contributed by atoms with Crippen LogP contribution in [0.1, 0.15) is 40.9 Å². The Labute approximate surface area is 155 Å². The maximum atomic E-state index is 12.2. The number of hydrogen-bond donors (Lipinski definition) is 1. The molecule has 1 amide bonds. The molecule has 0 unspecified atom stereocenters. The van der Waals surface area contributed by atoms with Gasteiger partial charge in [0.25, 0.3) is 5.91 Å². The molecule has 1 aromatic heterocycles. The van der Waals surface area contributed by atoms with Gasteiger partial charge in [-0.05, 0) is 50.8 Å². The first-order valence-corrected chi connectivity index (χ1v) is 9.39. The van der Waals surface area contributed by atoms with E-state index in [2.05, 4.69) is 23.2 Å². The zero-order valence-electron chi connectivity index (χ0n) is 15.7. The SMILES string of the molecule is Cc1ccccc1OCCCN1CCC(NC(=O)c2ccoc2C)CC1. The average Bonchev–Trinajstić information content (AvgIpc) is 3.07. The van der Waals surface area contributed by atoms with Crippen LogP contribution in [0.4, 0.5) is 0 Å². The Kier molecular flexibility index (Phi) is 6.34. The number of nitrogens with one attached hydrogen (secondary N) is 1. The molecule has 26 heavy (non-hydrogen) atoms. The molecule has 1 saturated heterocycles. The summed E-state index contributed by atoms with van der Waals surface area (Å²) in [5.41, 5.74) is 1.82. The fourth-order valence-corrected chi connectivity index (χ4v) is 3.37.